The van der Waals surface area contributed by atoms with Crippen LogP contribution in [-0.4, -0.2) is 29.7 Å². The second-order valence-electron chi connectivity index (χ2n) is 6.14. The molecule has 0 atom stereocenters. The van der Waals surface area contributed by atoms with E-state index in [0.717, 1.165) is 0 Å². The third-order valence-electron chi connectivity index (χ3n) is 4.36. The summed E-state index contributed by atoms with van der Waals surface area (Å²) in [6.07, 6.45) is -4.98. The molecule has 2 amide bonds. The van der Waals surface area contributed by atoms with Gasteiger partial charge in [-0.2, -0.15) is 13.2 Å². The molecule has 28 heavy (non-hydrogen) atoms. The fourth-order valence-electron chi connectivity index (χ4n) is 3.09. The number of carbonyl (C=O) groups excluding carboxylic acids is 2. The lowest BCUT2D eigenvalue weighted by Crippen LogP contribution is -2.33. The van der Waals surface area contributed by atoms with Crippen LogP contribution in [0, 0.1) is 0 Å². The summed E-state index contributed by atoms with van der Waals surface area (Å²) in [5.74, 6) is -1.52. The molecule has 0 radical (unpaired) electrons. The number of nitrogens with zero attached hydrogens (tertiary/aromatic N) is 1. The highest BCUT2D eigenvalue weighted by atomic mass is 35.5. The SMILES string of the molecule is O=C1C(c2ccc(Cl)cc2)=C(C(F)(F)F)C(=O)N1Cc1ccc2c(c1)OCO2. The van der Waals surface area contributed by atoms with Crippen molar-refractivity contribution in [2.45, 2.75) is 12.7 Å². The van der Waals surface area contributed by atoms with Gasteiger partial charge in [-0.3, -0.25) is 14.5 Å². The predicted octanol–water partition coefficient (Wildman–Crippen LogP) is 3.95. The minimum absolute atomic E-state index is 0.0248. The van der Waals surface area contributed by atoms with Crippen LogP contribution in [0.1, 0.15) is 11.1 Å². The van der Waals surface area contributed by atoms with E-state index in [-0.39, 0.29) is 18.9 Å². The van der Waals surface area contributed by atoms with Crippen LogP contribution in [0.15, 0.2) is 48.0 Å². The third-order valence-corrected chi connectivity index (χ3v) is 4.61. The normalized spacial score (nSPS) is 16.4. The average molecular weight is 410 g/mol. The molecule has 0 spiro atoms. The molecule has 4 rings (SSSR count). The van der Waals surface area contributed by atoms with Gasteiger partial charge in [0.1, 0.15) is 5.57 Å². The number of fused-ring (bicyclic) bond motifs is 1. The van der Waals surface area contributed by atoms with Crippen molar-refractivity contribution in [2.75, 3.05) is 6.79 Å². The first-order valence-corrected chi connectivity index (χ1v) is 8.45. The largest absolute Gasteiger partial charge is 0.454 e. The van der Waals surface area contributed by atoms with Crippen molar-refractivity contribution in [3.05, 3.63) is 64.2 Å². The van der Waals surface area contributed by atoms with Gasteiger partial charge in [-0.05, 0) is 35.4 Å². The molecule has 2 aliphatic heterocycles. The molecule has 0 N–H and O–H groups in total. The Morgan fingerprint density at radius 3 is 2.32 bits per heavy atom. The van der Waals surface area contributed by atoms with Gasteiger partial charge in [0.05, 0.1) is 12.1 Å². The van der Waals surface area contributed by atoms with Crippen LogP contribution in [-0.2, 0) is 16.1 Å². The van der Waals surface area contributed by atoms with Crippen molar-refractivity contribution in [1.29, 1.82) is 0 Å². The number of benzene rings is 2. The molecular formula is C19H11ClF3NO4. The topological polar surface area (TPSA) is 55.8 Å². The van der Waals surface area contributed by atoms with E-state index in [4.69, 9.17) is 21.1 Å². The zero-order valence-corrected chi connectivity index (χ0v) is 14.8. The fraction of sp³-hybridized carbons (Fsp3) is 0.158. The number of halogens is 4. The minimum Gasteiger partial charge on any atom is -0.454 e. The number of rotatable bonds is 3. The standard InChI is InChI=1S/C19H11ClF3NO4/c20-12-4-2-11(3-5-12)15-16(19(21,22)23)18(26)24(17(15)25)8-10-1-6-13-14(7-10)28-9-27-13/h1-7H,8-9H2. The van der Waals surface area contributed by atoms with Crippen LogP contribution >= 0.6 is 11.6 Å². The quantitative estimate of drug-likeness (QED) is 0.720. The van der Waals surface area contributed by atoms with Gasteiger partial charge in [0, 0.05) is 5.02 Å². The Morgan fingerprint density at radius 1 is 0.964 bits per heavy atom. The third kappa shape index (κ3) is 3.09. The smallest absolute Gasteiger partial charge is 0.422 e. The Labute approximate surface area is 161 Å². The zero-order chi connectivity index (χ0) is 20.1. The maximum Gasteiger partial charge on any atom is 0.422 e. The molecule has 2 aromatic rings. The summed E-state index contributed by atoms with van der Waals surface area (Å²) in [7, 11) is 0. The monoisotopic (exact) mass is 409 g/mol. The van der Waals surface area contributed by atoms with Gasteiger partial charge in [0.2, 0.25) is 6.79 Å². The lowest BCUT2D eigenvalue weighted by Gasteiger charge is -2.16. The van der Waals surface area contributed by atoms with E-state index in [2.05, 4.69) is 0 Å². The molecule has 9 heteroatoms. The average Bonchev–Trinajstić information content (AvgIpc) is 3.19. The summed E-state index contributed by atoms with van der Waals surface area (Å²) < 4.78 is 51.1. The Morgan fingerprint density at radius 2 is 1.64 bits per heavy atom. The Balaban J connectivity index is 1.71. The number of hydrogen-bond acceptors (Lipinski definition) is 4. The first kappa shape index (κ1) is 18.4. The Hall–Kier alpha value is -3.00. The van der Waals surface area contributed by atoms with Crippen molar-refractivity contribution in [3.63, 3.8) is 0 Å². The van der Waals surface area contributed by atoms with Gasteiger partial charge in [-0.25, -0.2) is 0 Å². The second kappa shape index (κ2) is 6.56. The molecule has 0 saturated carbocycles. The molecule has 5 nitrogen and oxygen atoms in total. The van der Waals surface area contributed by atoms with E-state index in [0.29, 0.717) is 27.0 Å². The zero-order valence-electron chi connectivity index (χ0n) is 14.0. The summed E-state index contributed by atoms with van der Waals surface area (Å²) in [6.45, 7) is -0.300. The van der Waals surface area contributed by atoms with E-state index >= 15 is 0 Å². The van der Waals surface area contributed by atoms with Gasteiger partial charge < -0.3 is 9.47 Å². The lowest BCUT2D eigenvalue weighted by atomic mass is 10.0. The Kier molecular flexibility index (Phi) is 4.30. The molecule has 0 saturated heterocycles. The molecule has 0 aliphatic carbocycles. The van der Waals surface area contributed by atoms with Crippen LogP contribution < -0.4 is 9.47 Å². The fourth-order valence-corrected chi connectivity index (χ4v) is 3.21. The second-order valence-corrected chi connectivity index (χ2v) is 6.58. The van der Waals surface area contributed by atoms with Crippen molar-refractivity contribution in [2.24, 2.45) is 0 Å². The van der Waals surface area contributed by atoms with E-state index in [1.807, 2.05) is 0 Å². The first-order valence-electron chi connectivity index (χ1n) is 8.08. The molecule has 0 aromatic heterocycles. The molecule has 144 valence electrons. The number of ether oxygens (including phenoxy) is 2. The van der Waals surface area contributed by atoms with E-state index in [1.165, 1.54) is 30.3 Å². The van der Waals surface area contributed by atoms with Gasteiger partial charge in [-0.1, -0.05) is 29.8 Å². The van der Waals surface area contributed by atoms with Gasteiger partial charge in [0.25, 0.3) is 11.8 Å². The van der Waals surface area contributed by atoms with Gasteiger partial charge in [0.15, 0.2) is 11.5 Å². The lowest BCUT2D eigenvalue weighted by molar-refractivity contribution is -0.142. The highest BCUT2D eigenvalue weighted by Gasteiger charge is 2.51. The molecule has 2 heterocycles. The van der Waals surface area contributed by atoms with Crippen LogP contribution in [0.25, 0.3) is 5.57 Å². The summed E-state index contributed by atoms with van der Waals surface area (Å²) in [4.78, 5) is 25.8. The minimum atomic E-state index is -4.98. The van der Waals surface area contributed by atoms with Crippen LogP contribution in [0.5, 0.6) is 11.5 Å². The molecule has 0 fully saturated rings. The van der Waals surface area contributed by atoms with E-state index < -0.39 is 29.1 Å². The van der Waals surface area contributed by atoms with Gasteiger partial charge >= 0.3 is 6.18 Å². The summed E-state index contributed by atoms with van der Waals surface area (Å²) >= 11 is 5.77. The van der Waals surface area contributed by atoms with Crippen LogP contribution in [0.3, 0.4) is 0 Å². The highest BCUT2D eigenvalue weighted by molar-refractivity contribution is 6.36. The van der Waals surface area contributed by atoms with Crippen molar-refractivity contribution in [1.82, 2.24) is 4.90 Å². The predicted molar refractivity (Wildman–Crippen MR) is 92.5 cm³/mol. The van der Waals surface area contributed by atoms with Crippen LogP contribution in [0.2, 0.25) is 5.02 Å². The Bertz CT molecular complexity index is 1010. The number of hydrogen-bond donors (Lipinski definition) is 0. The molecular weight excluding hydrogens is 399 g/mol. The molecule has 0 bridgehead atoms. The molecule has 0 unspecified atom stereocenters. The highest BCUT2D eigenvalue weighted by Crippen LogP contribution is 2.40. The molecule has 2 aliphatic rings. The summed E-state index contributed by atoms with van der Waals surface area (Å²) in [5.41, 5.74) is -1.76. The number of amides is 2. The van der Waals surface area contributed by atoms with Crippen molar-refractivity contribution in [3.8, 4) is 11.5 Å². The summed E-state index contributed by atoms with van der Waals surface area (Å²) in [5, 5.41) is 0.298. The maximum atomic E-state index is 13.6. The number of alkyl halides is 3. The molecule has 2 aromatic carbocycles. The van der Waals surface area contributed by atoms with E-state index in [1.54, 1.807) is 12.1 Å². The van der Waals surface area contributed by atoms with Crippen LogP contribution in [0.4, 0.5) is 13.2 Å². The maximum absolute atomic E-state index is 13.6. The number of imide groups is 1. The number of carbonyl (C=O) groups is 2. The summed E-state index contributed by atoms with van der Waals surface area (Å²) in [6, 6.07) is 9.92. The van der Waals surface area contributed by atoms with Gasteiger partial charge in [-0.15, -0.1) is 0 Å². The van der Waals surface area contributed by atoms with E-state index in [9.17, 15) is 22.8 Å². The first-order chi connectivity index (χ1) is 13.3. The van der Waals surface area contributed by atoms with Crippen molar-refractivity contribution >= 4 is 29.0 Å². The van der Waals surface area contributed by atoms with Crippen molar-refractivity contribution < 1.29 is 32.2 Å².